The van der Waals surface area contributed by atoms with Gasteiger partial charge in [-0.1, -0.05) is 35.1 Å². The molecule has 0 aliphatic heterocycles. The van der Waals surface area contributed by atoms with E-state index in [1.807, 2.05) is 24.3 Å². The molecule has 0 fully saturated rings. The van der Waals surface area contributed by atoms with E-state index in [4.69, 9.17) is 16.7 Å². The first-order chi connectivity index (χ1) is 10.1. The highest BCUT2D eigenvalue weighted by atomic mass is 35.5. The van der Waals surface area contributed by atoms with Crippen LogP contribution in [-0.2, 0) is 6.54 Å². The molecule has 0 saturated carbocycles. The molecule has 1 aromatic heterocycles. The van der Waals surface area contributed by atoms with Gasteiger partial charge in [0.15, 0.2) is 5.13 Å². The Morgan fingerprint density at radius 1 is 1.29 bits per heavy atom. The van der Waals surface area contributed by atoms with Crippen molar-refractivity contribution in [1.29, 1.82) is 0 Å². The summed E-state index contributed by atoms with van der Waals surface area (Å²) in [6, 6.07) is 12.4. The number of hydrogen-bond acceptors (Lipinski definition) is 4. The standard InChI is InChI=1S/C15H11ClN2O2S/c16-11-4-5-12-13(7-11)21-15(18-12)17-8-9-2-1-3-10(6-9)14(19)20/h1-7H,8H2,(H,17,18)(H,19,20). The fraction of sp³-hybridized carbons (Fsp3) is 0.0667. The number of nitrogens with zero attached hydrogens (tertiary/aromatic N) is 1. The van der Waals surface area contributed by atoms with Crippen LogP contribution in [0.5, 0.6) is 0 Å². The molecule has 0 radical (unpaired) electrons. The lowest BCUT2D eigenvalue weighted by Gasteiger charge is -2.03. The molecule has 0 saturated heterocycles. The van der Waals surface area contributed by atoms with E-state index in [0.29, 0.717) is 11.6 Å². The molecule has 6 heteroatoms. The average molecular weight is 319 g/mol. The van der Waals surface area contributed by atoms with Gasteiger partial charge >= 0.3 is 5.97 Å². The number of anilines is 1. The van der Waals surface area contributed by atoms with Gasteiger partial charge < -0.3 is 10.4 Å². The maximum absolute atomic E-state index is 10.9. The summed E-state index contributed by atoms with van der Waals surface area (Å²) in [5.41, 5.74) is 2.07. The molecule has 0 unspecified atom stereocenters. The molecular weight excluding hydrogens is 308 g/mol. The van der Waals surface area contributed by atoms with Crippen LogP contribution in [0.4, 0.5) is 5.13 Å². The van der Waals surface area contributed by atoms with Crippen molar-refractivity contribution >= 4 is 44.3 Å². The number of aromatic nitrogens is 1. The van der Waals surface area contributed by atoms with Gasteiger partial charge in [-0.2, -0.15) is 0 Å². The summed E-state index contributed by atoms with van der Waals surface area (Å²) in [6.45, 7) is 0.522. The zero-order valence-corrected chi connectivity index (χ0v) is 12.4. The van der Waals surface area contributed by atoms with E-state index < -0.39 is 5.97 Å². The van der Waals surface area contributed by atoms with Gasteiger partial charge in [-0.3, -0.25) is 0 Å². The van der Waals surface area contributed by atoms with E-state index >= 15 is 0 Å². The molecule has 0 amide bonds. The van der Waals surface area contributed by atoms with Gasteiger partial charge in [-0.05, 0) is 35.9 Å². The molecule has 1 heterocycles. The van der Waals surface area contributed by atoms with E-state index in [0.717, 1.165) is 20.9 Å². The topological polar surface area (TPSA) is 62.2 Å². The third kappa shape index (κ3) is 3.15. The molecule has 0 bridgehead atoms. The fourth-order valence-electron chi connectivity index (χ4n) is 1.97. The predicted molar refractivity (Wildman–Crippen MR) is 85.4 cm³/mol. The van der Waals surface area contributed by atoms with Crippen LogP contribution in [0, 0.1) is 0 Å². The third-order valence-corrected chi connectivity index (χ3v) is 4.18. The van der Waals surface area contributed by atoms with Crippen LogP contribution in [0.3, 0.4) is 0 Å². The first-order valence-corrected chi connectivity index (χ1v) is 7.43. The quantitative estimate of drug-likeness (QED) is 0.754. The van der Waals surface area contributed by atoms with Gasteiger partial charge in [-0.25, -0.2) is 9.78 Å². The molecule has 3 aromatic rings. The summed E-state index contributed by atoms with van der Waals surface area (Å²) in [5.74, 6) is -0.925. The minimum atomic E-state index is -0.925. The van der Waals surface area contributed by atoms with Gasteiger partial charge in [-0.15, -0.1) is 0 Å². The molecule has 106 valence electrons. The third-order valence-electron chi connectivity index (χ3n) is 2.97. The Morgan fingerprint density at radius 3 is 2.95 bits per heavy atom. The van der Waals surface area contributed by atoms with E-state index in [2.05, 4.69) is 10.3 Å². The Bertz CT molecular complexity index is 816. The number of aromatic carboxylic acids is 1. The highest BCUT2D eigenvalue weighted by Crippen LogP contribution is 2.28. The van der Waals surface area contributed by atoms with Crippen LogP contribution in [0.1, 0.15) is 15.9 Å². The zero-order valence-electron chi connectivity index (χ0n) is 10.8. The van der Waals surface area contributed by atoms with Crippen molar-refractivity contribution in [3.05, 3.63) is 58.6 Å². The summed E-state index contributed by atoms with van der Waals surface area (Å²) in [6.07, 6.45) is 0. The zero-order chi connectivity index (χ0) is 14.8. The Hall–Kier alpha value is -2.11. The first-order valence-electron chi connectivity index (χ1n) is 6.24. The molecule has 0 aliphatic rings. The van der Waals surface area contributed by atoms with E-state index in [9.17, 15) is 4.79 Å². The number of rotatable bonds is 4. The number of hydrogen-bond donors (Lipinski definition) is 2. The minimum absolute atomic E-state index is 0.283. The highest BCUT2D eigenvalue weighted by Gasteiger charge is 2.06. The minimum Gasteiger partial charge on any atom is -0.478 e. The van der Waals surface area contributed by atoms with Crippen LogP contribution in [0.25, 0.3) is 10.2 Å². The van der Waals surface area contributed by atoms with Crippen LogP contribution in [-0.4, -0.2) is 16.1 Å². The number of halogens is 1. The van der Waals surface area contributed by atoms with E-state index in [1.165, 1.54) is 11.3 Å². The Morgan fingerprint density at radius 2 is 2.14 bits per heavy atom. The highest BCUT2D eigenvalue weighted by molar-refractivity contribution is 7.22. The molecular formula is C15H11ClN2O2S. The average Bonchev–Trinajstić information content (AvgIpc) is 2.87. The molecule has 0 atom stereocenters. The Balaban J connectivity index is 1.77. The lowest BCUT2D eigenvalue weighted by Crippen LogP contribution is -2.02. The van der Waals surface area contributed by atoms with Gasteiger partial charge in [0.25, 0.3) is 0 Å². The van der Waals surface area contributed by atoms with Crippen LogP contribution >= 0.6 is 22.9 Å². The normalized spacial score (nSPS) is 10.7. The Labute approximate surface area is 130 Å². The molecule has 4 nitrogen and oxygen atoms in total. The monoisotopic (exact) mass is 318 g/mol. The second-order valence-corrected chi connectivity index (χ2v) is 5.96. The number of carboxylic acids is 1. The summed E-state index contributed by atoms with van der Waals surface area (Å²) in [5, 5.41) is 13.7. The lowest BCUT2D eigenvalue weighted by molar-refractivity contribution is 0.0697. The molecule has 2 N–H and O–H groups in total. The van der Waals surface area contributed by atoms with Crippen molar-refractivity contribution in [2.45, 2.75) is 6.54 Å². The smallest absolute Gasteiger partial charge is 0.335 e. The first kappa shape index (κ1) is 13.9. The number of nitrogens with one attached hydrogen (secondary N) is 1. The van der Waals surface area contributed by atoms with Crippen molar-refractivity contribution in [2.75, 3.05) is 5.32 Å². The van der Waals surface area contributed by atoms with Crippen molar-refractivity contribution in [3.63, 3.8) is 0 Å². The maximum Gasteiger partial charge on any atom is 0.335 e. The van der Waals surface area contributed by atoms with Gasteiger partial charge in [0.1, 0.15) is 0 Å². The summed E-state index contributed by atoms with van der Waals surface area (Å²) in [4.78, 5) is 15.4. The molecule has 2 aromatic carbocycles. The number of thiazole rings is 1. The summed E-state index contributed by atoms with van der Waals surface area (Å²) >= 11 is 7.47. The Kier molecular flexibility index (Phi) is 3.77. The lowest BCUT2D eigenvalue weighted by atomic mass is 10.1. The maximum atomic E-state index is 10.9. The SMILES string of the molecule is O=C(O)c1cccc(CNc2nc3ccc(Cl)cc3s2)c1. The molecule has 21 heavy (non-hydrogen) atoms. The summed E-state index contributed by atoms with van der Waals surface area (Å²) < 4.78 is 1.02. The molecule has 0 spiro atoms. The van der Waals surface area contributed by atoms with Crippen molar-refractivity contribution in [3.8, 4) is 0 Å². The van der Waals surface area contributed by atoms with Gasteiger partial charge in [0.05, 0.1) is 15.8 Å². The fourth-order valence-corrected chi connectivity index (χ4v) is 3.10. The number of benzene rings is 2. The van der Waals surface area contributed by atoms with Gasteiger partial charge in [0, 0.05) is 11.6 Å². The summed E-state index contributed by atoms with van der Waals surface area (Å²) in [7, 11) is 0. The second kappa shape index (κ2) is 5.71. The van der Waals surface area contributed by atoms with Crippen LogP contribution in [0.2, 0.25) is 5.02 Å². The number of fused-ring (bicyclic) bond motifs is 1. The van der Waals surface area contributed by atoms with Crippen LogP contribution < -0.4 is 5.32 Å². The van der Waals surface area contributed by atoms with Gasteiger partial charge in [0.2, 0.25) is 0 Å². The van der Waals surface area contributed by atoms with E-state index in [1.54, 1.807) is 18.2 Å². The van der Waals surface area contributed by atoms with Crippen molar-refractivity contribution in [2.24, 2.45) is 0 Å². The van der Waals surface area contributed by atoms with Crippen LogP contribution in [0.15, 0.2) is 42.5 Å². The van der Waals surface area contributed by atoms with Crippen molar-refractivity contribution < 1.29 is 9.90 Å². The number of carbonyl (C=O) groups is 1. The predicted octanol–water partition coefficient (Wildman–Crippen LogP) is 4.26. The number of carboxylic acid groups (broad SMARTS) is 1. The molecule has 0 aliphatic carbocycles. The largest absolute Gasteiger partial charge is 0.478 e. The van der Waals surface area contributed by atoms with Crippen molar-refractivity contribution in [1.82, 2.24) is 4.98 Å². The molecule has 3 rings (SSSR count). The second-order valence-electron chi connectivity index (χ2n) is 4.49. The van der Waals surface area contributed by atoms with E-state index in [-0.39, 0.29) is 5.56 Å².